The van der Waals surface area contributed by atoms with E-state index in [9.17, 15) is 14.0 Å². The lowest BCUT2D eigenvalue weighted by Crippen LogP contribution is -2.38. The summed E-state index contributed by atoms with van der Waals surface area (Å²) in [5.74, 6) is 0.422. The van der Waals surface area contributed by atoms with Crippen LogP contribution < -0.4 is 15.5 Å². The number of anilines is 1. The minimum atomic E-state index is -0.396. The van der Waals surface area contributed by atoms with E-state index in [1.165, 1.54) is 6.20 Å². The molecule has 1 aromatic carbocycles. The Labute approximate surface area is 212 Å². The summed E-state index contributed by atoms with van der Waals surface area (Å²) >= 11 is 0.876. The highest BCUT2D eigenvalue weighted by molar-refractivity contribution is 8.18. The second-order valence-corrected chi connectivity index (χ2v) is 9.72. The van der Waals surface area contributed by atoms with E-state index in [2.05, 4.69) is 30.5 Å². The number of nitrogens with zero attached hydrogens (tertiary/aromatic N) is 4. The van der Waals surface area contributed by atoms with E-state index in [1.54, 1.807) is 30.6 Å². The number of hydrogen-bond acceptors (Lipinski definition) is 8. The SMILES string of the molecule is O=C1NC(=O)C(=Cc2ccnc(N3CCC(CNCc4ccccc4-c4ccncc4F)CC3)n2)S1. The van der Waals surface area contributed by atoms with Crippen molar-refractivity contribution in [2.24, 2.45) is 5.92 Å². The molecule has 0 bridgehead atoms. The van der Waals surface area contributed by atoms with Gasteiger partial charge in [-0.3, -0.25) is 19.9 Å². The van der Waals surface area contributed by atoms with Crippen LogP contribution in [0.4, 0.5) is 15.1 Å². The van der Waals surface area contributed by atoms with Gasteiger partial charge in [0.25, 0.3) is 11.1 Å². The minimum absolute atomic E-state index is 0.321. The second kappa shape index (κ2) is 11.0. The normalized spacial score (nSPS) is 17.6. The van der Waals surface area contributed by atoms with Crippen molar-refractivity contribution in [3.63, 3.8) is 0 Å². The molecule has 0 unspecified atom stereocenters. The number of thioether (sulfide) groups is 1. The molecular weight excluding hydrogens is 479 g/mol. The zero-order valence-corrected chi connectivity index (χ0v) is 20.3. The van der Waals surface area contributed by atoms with Crippen molar-refractivity contribution in [2.75, 3.05) is 24.5 Å². The molecule has 2 aliphatic heterocycles. The first-order valence-corrected chi connectivity index (χ1v) is 12.6. The van der Waals surface area contributed by atoms with Crippen LogP contribution >= 0.6 is 11.8 Å². The van der Waals surface area contributed by atoms with Crippen molar-refractivity contribution < 1.29 is 14.0 Å². The van der Waals surface area contributed by atoms with E-state index < -0.39 is 5.91 Å². The zero-order chi connectivity index (χ0) is 24.9. The predicted molar refractivity (Wildman–Crippen MR) is 137 cm³/mol. The lowest BCUT2D eigenvalue weighted by Gasteiger charge is -2.32. The number of nitrogens with one attached hydrogen (secondary N) is 2. The van der Waals surface area contributed by atoms with Gasteiger partial charge in [0.05, 0.1) is 16.8 Å². The summed E-state index contributed by atoms with van der Waals surface area (Å²) in [6.45, 7) is 3.19. The number of pyridine rings is 1. The first-order chi connectivity index (χ1) is 17.6. The first kappa shape index (κ1) is 24.1. The molecule has 0 saturated carbocycles. The maximum Gasteiger partial charge on any atom is 0.290 e. The Morgan fingerprint density at radius 2 is 1.94 bits per heavy atom. The Morgan fingerprint density at radius 1 is 1.11 bits per heavy atom. The topological polar surface area (TPSA) is 100 Å². The van der Waals surface area contributed by atoms with Gasteiger partial charge >= 0.3 is 0 Å². The van der Waals surface area contributed by atoms with Crippen molar-refractivity contribution in [2.45, 2.75) is 19.4 Å². The molecule has 0 atom stereocenters. The van der Waals surface area contributed by atoms with Gasteiger partial charge in [0.2, 0.25) is 5.95 Å². The smallest absolute Gasteiger partial charge is 0.290 e. The molecule has 8 nitrogen and oxygen atoms in total. The number of piperidine rings is 1. The van der Waals surface area contributed by atoms with Gasteiger partial charge in [-0.1, -0.05) is 24.3 Å². The largest absolute Gasteiger partial charge is 0.341 e. The fraction of sp³-hybridized carbons (Fsp3) is 0.269. The van der Waals surface area contributed by atoms with Gasteiger partial charge in [-0.2, -0.15) is 0 Å². The van der Waals surface area contributed by atoms with Crippen molar-refractivity contribution in [3.8, 4) is 11.1 Å². The van der Waals surface area contributed by atoms with Crippen LogP contribution in [0.2, 0.25) is 0 Å². The molecule has 5 rings (SSSR count). The first-order valence-electron chi connectivity index (χ1n) is 11.8. The monoisotopic (exact) mass is 504 g/mol. The number of carbonyl (C=O) groups excluding carboxylic acids is 2. The molecule has 0 radical (unpaired) electrons. The summed E-state index contributed by atoms with van der Waals surface area (Å²) in [6.07, 6.45) is 8.13. The molecule has 184 valence electrons. The number of imide groups is 1. The number of aromatic nitrogens is 3. The molecule has 2 saturated heterocycles. The van der Waals surface area contributed by atoms with Gasteiger partial charge in [0, 0.05) is 37.6 Å². The van der Waals surface area contributed by atoms with E-state index in [0.29, 0.717) is 34.6 Å². The summed E-state index contributed by atoms with van der Waals surface area (Å²) in [4.78, 5) is 38.5. The van der Waals surface area contributed by atoms with Crippen molar-refractivity contribution >= 4 is 34.9 Å². The number of halogens is 1. The van der Waals surface area contributed by atoms with E-state index in [0.717, 1.165) is 55.4 Å². The van der Waals surface area contributed by atoms with Gasteiger partial charge in [-0.05, 0) is 66.4 Å². The zero-order valence-electron chi connectivity index (χ0n) is 19.5. The van der Waals surface area contributed by atoms with Crippen LogP contribution in [0.25, 0.3) is 17.2 Å². The highest BCUT2D eigenvalue weighted by Gasteiger charge is 2.26. The quantitative estimate of drug-likeness (QED) is 0.466. The number of carbonyl (C=O) groups is 2. The molecule has 10 heteroatoms. The predicted octanol–water partition coefficient (Wildman–Crippen LogP) is 4.01. The fourth-order valence-electron chi connectivity index (χ4n) is 4.43. The van der Waals surface area contributed by atoms with Crippen LogP contribution in [0.15, 0.2) is 59.9 Å². The van der Waals surface area contributed by atoms with E-state index in [1.807, 2.05) is 24.3 Å². The third-order valence-corrected chi connectivity index (χ3v) is 7.12. The number of rotatable bonds is 7. The van der Waals surface area contributed by atoms with Crippen LogP contribution in [-0.4, -0.2) is 45.7 Å². The highest BCUT2D eigenvalue weighted by Crippen LogP contribution is 2.27. The standard InChI is InChI=1S/C26H25FN6O2S/c27-22-16-28-9-6-21(22)20-4-2-1-3-18(20)15-29-14-17-7-11-33(12-8-17)25-30-10-5-19(31-25)13-23-24(34)32-26(35)36-23/h1-6,9-10,13,16-17,29H,7-8,11-12,14-15H2,(H,32,34,35). The molecular formula is C26H25FN6O2S. The average Bonchev–Trinajstić information content (AvgIpc) is 3.21. The van der Waals surface area contributed by atoms with Crippen molar-refractivity contribution in [3.05, 3.63) is 77.0 Å². The van der Waals surface area contributed by atoms with Gasteiger partial charge < -0.3 is 10.2 Å². The second-order valence-electron chi connectivity index (χ2n) is 8.71. The van der Waals surface area contributed by atoms with Crippen LogP contribution in [-0.2, 0) is 11.3 Å². The lowest BCUT2D eigenvalue weighted by atomic mass is 9.96. The summed E-state index contributed by atoms with van der Waals surface area (Å²) in [5.41, 5.74) is 3.09. The molecule has 36 heavy (non-hydrogen) atoms. The van der Waals surface area contributed by atoms with Crippen LogP contribution in [0, 0.1) is 11.7 Å². The maximum absolute atomic E-state index is 14.3. The van der Waals surface area contributed by atoms with Gasteiger partial charge in [-0.25, -0.2) is 14.4 Å². The third kappa shape index (κ3) is 5.60. The average molecular weight is 505 g/mol. The van der Waals surface area contributed by atoms with Crippen LogP contribution in [0.1, 0.15) is 24.1 Å². The minimum Gasteiger partial charge on any atom is -0.341 e. The Morgan fingerprint density at radius 3 is 2.72 bits per heavy atom. The number of amides is 2. The Balaban J connectivity index is 1.15. The molecule has 2 aliphatic rings. The summed E-state index contributed by atoms with van der Waals surface area (Å²) in [5, 5.41) is 5.43. The molecule has 2 aromatic heterocycles. The third-order valence-electron chi connectivity index (χ3n) is 6.31. The molecule has 2 N–H and O–H groups in total. The van der Waals surface area contributed by atoms with E-state index in [-0.39, 0.29) is 11.1 Å². The van der Waals surface area contributed by atoms with Crippen molar-refractivity contribution in [1.82, 2.24) is 25.6 Å². The number of hydrogen-bond donors (Lipinski definition) is 2. The highest BCUT2D eigenvalue weighted by atomic mass is 32.2. The van der Waals surface area contributed by atoms with Crippen LogP contribution in [0.5, 0.6) is 0 Å². The molecule has 0 aliphatic carbocycles. The van der Waals surface area contributed by atoms with E-state index in [4.69, 9.17) is 0 Å². The summed E-state index contributed by atoms with van der Waals surface area (Å²) < 4.78 is 14.3. The van der Waals surface area contributed by atoms with Gasteiger partial charge in [0.1, 0.15) is 5.82 Å². The fourth-order valence-corrected chi connectivity index (χ4v) is 5.10. The van der Waals surface area contributed by atoms with Crippen LogP contribution in [0.3, 0.4) is 0 Å². The Hall–Kier alpha value is -3.63. The molecule has 3 aromatic rings. The summed E-state index contributed by atoms with van der Waals surface area (Å²) in [6, 6.07) is 11.3. The van der Waals surface area contributed by atoms with Crippen molar-refractivity contribution in [1.29, 1.82) is 0 Å². The molecule has 2 fully saturated rings. The Kier molecular flexibility index (Phi) is 7.33. The Bertz CT molecular complexity index is 1310. The molecule has 4 heterocycles. The van der Waals surface area contributed by atoms with Gasteiger partial charge in [0.15, 0.2) is 0 Å². The summed E-state index contributed by atoms with van der Waals surface area (Å²) in [7, 11) is 0. The number of benzene rings is 1. The van der Waals surface area contributed by atoms with Gasteiger partial charge in [-0.15, -0.1) is 0 Å². The van der Waals surface area contributed by atoms with E-state index >= 15 is 0 Å². The lowest BCUT2D eigenvalue weighted by molar-refractivity contribution is -0.115. The maximum atomic E-state index is 14.3. The molecule has 0 spiro atoms. The molecule has 2 amide bonds.